The highest BCUT2D eigenvalue weighted by Gasteiger charge is 2.30. The number of nitrogens with two attached hydrogens (primary N) is 1. The zero-order valence-corrected chi connectivity index (χ0v) is 19.5. The molecule has 0 fully saturated rings. The number of hydrogen-bond acceptors (Lipinski definition) is 7. The molecule has 9 nitrogen and oxygen atoms in total. The first-order chi connectivity index (χ1) is 16.0. The highest BCUT2D eigenvalue weighted by molar-refractivity contribution is 7.86. The van der Waals surface area contributed by atoms with Gasteiger partial charge in [-0.15, -0.1) is 0 Å². The number of ether oxygens (including phenoxy) is 1. The van der Waals surface area contributed by atoms with E-state index in [1.807, 2.05) is 0 Å². The minimum atomic E-state index is -4.17. The summed E-state index contributed by atoms with van der Waals surface area (Å²) in [6, 6.07) is 16.6. The van der Waals surface area contributed by atoms with Crippen molar-refractivity contribution in [2.45, 2.75) is 6.92 Å². The van der Waals surface area contributed by atoms with E-state index in [9.17, 15) is 18.0 Å². The van der Waals surface area contributed by atoms with Crippen molar-refractivity contribution in [3.8, 4) is 16.9 Å². The van der Waals surface area contributed by atoms with E-state index in [0.717, 1.165) is 6.26 Å². The summed E-state index contributed by atoms with van der Waals surface area (Å²) < 4.78 is 33.6. The van der Waals surface area contributed by atoms with Gasteiger partial charge in [-0.25, -0.2) is 4.79 Å². The maximum absolute atomic E-state index is 13.4. The molecule has 0 unspecified atom stereocenters. The van der Waals surface area contributed by atoms with Gasteiger partial charge in [0.2, 0.25) is 0 Å². The normalized spacial score (nSPS) is 10.9. The third-order valence-corrected chi connectivity index (χ3v) is 5.32. The van der Waals surface area contributed by atoms with Crippen LogP contribution < -0.4 is 15.8 Å². The molecule has 0 bridgehead atoms. The number of aryl methyl sites for hydroxylation is 1. The largest absolute Gasteiger partial charge is 0.496 e. The van der Waals surface area contributed by atoms with Crippen LogP contribution in [-0.2, 0) is 14.3 Å². The summed E-state index contributed by atoms with van der Waals surface area (Å²) in [6.45, 7) is 1.70. The van der Waals surface area contributed by atoms with Crippen LogP contribution in [-0.4, -0.2) is 39.5 Å². The van der Waals surface area contributed by atoms with E-state index in [0.29, 0.717) is 27.9 Å². The average Bonchev–Trinajstić information content (AvgIpc) is 2.78. The van der Waals surface area contributed by atoms with Gasteiger partial charge in [0, 0.05) is 11.3 Å². The molecule has 0 atom stereocenters. The molecule has 0 aliphatic rings. The second-order valence-corrected chi connectivity index (χ2v) is 8.99. The quantitative estimate of drug-likeness (QED) is 0.266. The van der Waals surface area contributed by atoms with Gasteiger partial charge in [0.05, 0.1) is 24.5 Å². The zero-order valence-electron chi connectivity index (χ0n) is 18.7. The van der Waals surface area contributed by atoms with Crippen LogP contribution in [0.4, 0.5) is 5.69 Å². The van der Waals surface area contributed by atoms with E-state index in [-0.39, 0.29) is 22.7 Å². The van der Waals surface area contributed by atoms with E-state index < -0.39 is 22.0 Å². The van der Waals surface area contributed by atoms with Gasteiger partial charge >= 0.3 is 16.1 Å². The van der Waals surface area contributed by atoms with Crippen molar-refractivity contribution in [2.24, 2.45) is 5.73 Å². The molecule has 3 aromatic rings. The lowest BCUT2D eigenvalue weighted by Gasteiger charge is -2.19. The fraction of sp³-hybridized carbons (Fsp3) is 0.125. The second-order valence-electron chi connectivity index (χ2n) is 7.41. The topological polar surface area (TPSA) is 149 Å². The average molecular weight is 482 g/mol. The summed E-state index contributed by atoms with van der Waals surface area (Å²) in [5.41, 5.74) is 7.31. The molecule has 4 N–H and O–H groups in total. The van der Waals surface area contributed by atoms with Gasteiger partial charge in [-0.05, 0) is 53.9 Å². The summed E-state index contributed by atoms with van der Waals surface area (Å²) >= 11 is 0. The Morgan fingerprint density at radius 2 is 1.62 bits per heavy atom. The summed E-state index contributed by atoms with van der Waals surface area (Å²) in [7, 11) is -2.83. The number of hydrogen-bond donors (Lipinski definition) is 3. The van der Waals surface area contributed by atoms with Crippen molar-refractivity contribution in [2.75, 3.05) is 18.7 Å². The molecule has 176 valence electrons. The fourth-order valence-electron chi connectivity index (χ4n) is 3.44. The molecule has 3 aromatic carbocycles. The summed E-state index contributed by atoms with van der Waals surface area (Å²) in [5.74, 6) is -1.96. The molecular formula is C24H23N3O6S. The molecule has 0 saturated heterocycles. The van der Waals surface area contributed by atoms with Gasteiger partial charge in [0.15, 0.2) is 0 Å². The van der Waals surface area contributed by atoms with Crippen LogP contribution in [0.5, 0.6) is 5.75 Å². The molecule has 10 heteroatoms. The van der Waals surface area contributed by atoms with Gasteiger partial charge in [-0.3, -0.25) is 10.2 Å². The van der Waals surface area contributed by atoms with Crippen molar-refractivity contribution in [1.82, 2.24) is 0 Å². The third kappa shape index (κ3) is 5.41. The van der Waals surface area contributed by atoms with Crippen LogP contribution in [0.15, 0.2) is 60.7 Å². The Hall–Kier alpha value is -4.18. The van der Waals surface area contributed by atoms with Gasteiger partial charge in [-0.1, -0.05) is 30.3 Å². The molecule has 0 aliphatic heterocycles. The minimum absolute atomic E-state index is 0.0954. The number of amides is 1. The Bertz CT molecular complexity index is 1370. The maximum Gasteiger partial charge on any atom is 0.355 e. The number of carbonyl (C=O) groups is 2. The van der Waals surface area contributed by atoms with E-state index in [4.69, 9.17) is 15.9 Å². The minimum Gasteiger partial charge on any atom is -0.496 e. The summed E-state index contributed by atoms with van der Waals surface area (Å²) in [6.07, 6.45) is 0.745. The standard InChI is InChI=1S/C24H23N3O6S/c1-14-13-18(15-7-5-4-6-8-15)19(24(29)33-34(3,30)31)20(21(14)32-2)23(28)27-17-11-9-16(10-12-17)22(25)26/h4-13H,1-3H3,(H3,25,26)(H,27,28). The predicted octanol–water partition coefficient (Wildman–Crippen LogP) is 3.32. The van der Waals surface area contributed by atoms with Crippen LogP contribution in [0.2, 0.25) is 0 Å². The molecule has 3 rings (SSSR count). The first kappa shape index (κ1) is 24.5. The van der Waals surface area contributed by atoms with E-state index >= 15 is 0 Å². The van der Waals surface area contributed by atoms with Crippen LogP contribution >= 0.6 is 0 Å². The molecular weight excluding hydrogens is 458 g/mol. The van der Waals surface area contributed by atoms with Gasteiger partial charge < -0.3 is 20.0 Å². The summed E-state index contributed by atoms with van der Waals surface area (Å²) in [5, 5.41) is 10.2. The SMILES string of the molecule is COc1c(C)cc(-c2ccccc2)c(C(=O)OS(C)(=O)=O)c1C(=O)Nc1ccc(C(=N)N)cc1. The Morgan fingerprint density at radius 1 is 1.00 bits per heavy atom. The second kappa shape index (κ2) is 9.75. The van der Waals surface area contributed by atoms with Crippen molar-refractivity contribution in [3.63, 3.8) is 0 Å². The first-order valence-electron chi connectivity index (χ1n) is 9.98. The highest BCUT2D eigenvalue weighted by atomic mass is 32.2. The van der Waals surface area contributed by atoms with Crippen LogP contribution in [0.1, 0.15) is 31.8 Å². The van der Waals surface area contributed by atoms with E-state index in [1.54, 1.807) is 67.6 Å². The molecule has 0 spiro atoms. The predicted molar refractivity (Wildman–Crippen MR) is 129 cm³/mol. The lowest BCUT2D eigenvalue weighted by molar-refractivity contribution is 0.0743. The van der Waals surface area contributed by atoms with Gasteiger partial charge in [-0.2, -0.15) is 8.42 Å². The number of amidine groups is 1. The highest BCUT2D eigenvalue weighted by Crippen LogP contribution is 2.36. The molecule has 34 heavy (non-hydrogen) atoms. The Kier molecular flexibility index (Phi) is 7.02. The van der Waals surface area contributed by atoms with Crippen molar-refractivity contribution >= 4 is 33.5 Å². The molecule has 0 heterocycles. The molecule has 0 radical (unpaired) electrons. The lowest BCUT2D eigenvalue weighted by Crippen LogP contribution is -2.22. The molecule has 0 aromatic heterocycles. The van der Waals surface area contributed by atoms with Crippen LogP contribution in [0.25, 0.3) is 11.1 Å². The number of rotatable bonds is 7. The number of methoxy groups -OCH3 is 1. The van der Waals surface area contributed by atoms with Gasteiger partial charge in [0.25, 0.3) is 5.91 Å². The Labute approximate surface area is 197 Å². The Morgan fingerprint density at radius 3 is 2.15 bits per heavy atom. The first-order valence-corrected chi connectivity index (χ1v) is 11.8. The van der Waals surface area contributed by atoms with Crippen molar-refractivity contribution in [3.05, 3.63) is 82.9 Å². The molecule has 1 amide bonds. The van der Waals surface area contributed by atoms with E-state index in [1.165, 1.54) is 7.11 Å². The smallest absolute Gasteiger partial charge is 0.355 e. The lowest BCUT2D eigenvalue weighted by atomic mass is 9.91. The van der Waals surface area contributed by atoms with Crippen LogP contribution in [0.3, 0.4) is 0 Å². The van der Waals surface area contributed by atoms with Crippen molar-refractivity contribution in [1.29, 1.82) is 5.41 Å². The zero-order chi connectivity index (χ0) is 25.0. The molecule has 0 aliphatic carbocycles. The number of nitrogen functional groups attached to an aromatic ring is 1. The third-order valence-electron chi connectivity index (χ3n) is 4.87. The Balaban J connectivity index is 2.22. The number of nitrogens with one attached hydrogen (secondary N) is 2. The number of carbonyl (C=O) groups excluding carboxylic acids is 2. The van der Waals surface area contributed by atoms with Crippen molar-refractivity contribution < 1.29 is 26.9 Å². The molecule has 0 saturated carbocycles. The number of benzene rings is 3. The van der Waals surface area contributed by atoms with Gasteiger partial charge in [0.1, 0.15) is 11.6 Å². The monoisotopic (exact) mass is 481 g/mol. The fourth-order valence-corrected chi connectivity index (χ4v) is 3.80. The maximum atomic E-state index is 13.4. The van der Waals surface area contributed by atoms with Crippen LogP contribution in [0, 0.1) is 12.3 Å². The number of anilines is 1. The van der Waals surface area contributed by atoms with E-state index in [2.05, 4.69) is 9.50 Å². The summed E-state index contributed by atoms with van der Waals surface area (Å²) in [4.78, 5) is 26.5.